The smallest absolute Gasteiger partial charge is 0.257 e. The van der Waals surface area contributed by atoms with Crippen molar-refractivity contribution in [3.63, 3.8) is 0 Å². The summed E-state index contributed by atoms with van der Waals surface area (Å²) < 4.78 is 16.8. The molecule has 3 N–H and O–H groups in total. The molecular weight excluding hydrogens is 490 g/mol. The molecule has 37 heavy (non-hydrogen) atoms. The lowest BCUT2D eigenvalue weighted by Crippen LogP contribution is -2.35. The minimum absolute atomic E-state index is 0.0452. The number of carbonyl (C=O) groups excluding carboxylic acids is 2. The lowest BCUT2D eigenvalue weighted by atomic mass is 10.1. The van der Waals surface area contributed by atoms with Crippen LogP contribution in [0.3, 0.4) is 0 Å². The highest BCUT2D eigenvalue weighted by atomic mass is 32.1. The molecule has 1 fully saturated rings. The van der Waals surface area contributed by atoms with Gasteiger partial charge in [0.1, 0.15) is 24.7 Å². The van der Waals surface area contributed by atoms with E-state index in [2.05, 4.69) is 16.0 Å². The highest BCUT2D eigenvalue weighted by Gasteiger charge is 2.18. The average Bonchev–Trinajstić information content (AvgIpc) is 3.45. The van der Waals surface area contributed by atoms with Gasteiger partial charge >= 0.3 is 0 Å². The van der Waals surface area contributed by atoms with Crippen molar-refractivity contribution >= 4 is 34.8 Å². The second-order valence-electron chi connectivity index (χ2n) is 8.33. The topological polar surface area (TPSA) is 97.9 Å². The Morgan fingerprint density at radius 3 is 2.24 bits per heavy atom. The van der Waals surface area contributed by atoms with E-state index in [-0.39, 0.29) is 23.0 Å². The normalized spacial score (nSPS) is 14.4. The molecule has 4 rings (SSSR count). The predicted molar refractivity (Wildman–Crippen MR) is 145 cm³/mol. The number of hydrogen-bond donors (Lipinski definition) is 3. The van der Waals surface area contributed by atoms with Gasteiger partial charge < -0.3 is 24.8 Å². The highest BCUT2D eigenvalue weighted by Crippen LogP contribution is 2.17. The molecular formula is C28H29N3O5S. The van der Waals surface area contributed by atoms with Crippen molar-refractivity contribution in [1.29, 1.82) is 0 Å². The Hall–Kier alpha value is -3.95. The van der Waals surface area contributed by atoms with E-state index in [4.69, 9.17) is 26.4 Å². The largest absolute Gasteiger partial charge is 0.490 e. The number of thiocarbonyl (C=S) groups is 1. The first kappa shape index (κ1) is 26.1. The molecule has 3 aromatic carbocycles. The molecule has 0 aliphatic carbocycles. The predicted octanol–water partition coefficient (Wildman–Crippen LogP) is 4.18. The molecule has 1 aliphatic heterocycles. The third-order valence-corrected chi connectivity index (χ3v) is 5.85. The van der Waals surface area contributed by atoms with Crippen LogP contribution in [0.25, 0.3) is 0 Å². The molecule has 0 spiro atoms. The van der Waals surface area contributed by atoms with Crippen molar-refractivity contribution in [3.05, 3.63) is 90.0 Å². The first-order valence-corrected chi connectivity index (χ1v) is 12.5. The molecule has 0 aromatic heterocycles. The van der Waals surface area contributed by atoms with E-state index >= 15 is 0 Å². The summed E-state index contributed by atoms with van der Waals surface area (Å²) in [6, 6.07) is 23.2. The van der Waals surface area contributed by atoms with Crippen LogP contribution in [0.15, 0.2) is 78.9 Å². The van der Waals surface area contributed by atoms with Gasteiger partial charge in [-0.25, -0.2) is 0 Å². The number of hydrogen-bond acceptors (Lipinski definition) is 6. The third-order valence-electron chi connectivity index (χ3n) is 5.64. The van der Waals surface area contributed by atoms with E-state index in [1.807, 2.05) is 30.3 Å². The Bertz CT molecular complexity index is 1200. The molecule has 1 heterocycles. The maximum Gasteiger partial charge on any atom is 0.257 e. The second-order valence-corrected chi connectivity index (χ2v) is 8.74. The van der Waals surface area contributed by atoms with Crippen molar-refractivity contribution in [3.8, 4) is 11.5 Å². The molecule has 1 saturated heterocycles. The standard InChI is InChI=1S/C28H29N3O5S/c32-26(20-12-14-22(15-13-20)36-18-17-35-21-7-2-1-3-8-21)31-28(37)30-25-11-5-4-10-24(25)27(33)29-19-23-9-6-16-34-23/h1-5,7-8,10-15,23H,6,9,16-19H2,(H,29,33)(H2,30,31,32,37)/t23-/m1/s1. The van der Waals surface area contributed by atoms with Gasteiger partial charge in [0.05, 0.1) is 17.4 Å². The van der Waals surface area contributed by atoms with Crippen LogP contribution in [0, 0.1) is 0 Å². The zero-order chi connectivity index (χ0) is 25.9. The molecule has 0 radical (unpaired) electrons. The summed E-state index contributed by atoms with van der Waals surface area (Å²) in [4.78, 5) is 25.3. The number of anilines is 1. The fraction of sp³-hybridized carbons (Fsp3) is 0.250. The third kappa shape index (κ3) is 8.03. The fourth-order valence-electron chi connectivity index (χ4n) is 3.76. The van der Waals surface area contributed by atoms with Crippen molar-refractivity contribution in [2.75, 3.05) is 31.7 Å². The van der Waals surface area contributed by atoms with E-state index in [0.29, 0.717) is 42.3 Å². The van der Waals surface area contributed by atoms with Crippen LogP contribution in [0.1, 0.15) is 33.6 Å². The minimum Gasteiger partial charge on any atom is -0.490 e. The summed E-state index contributed by atoms with van der Waals surface area (Å²) in [6.07, 6.45) is 1.99. The van der Waals surface area contributed by atoms with Gasteiger partial charge in [-0.2, -0.15) is 0 Å². The van der Waals surface area contributed by atoms with Crippen LogP contribution >= 0.6 is 12.2 Å². The zero-order valence-electron chi connectivity index (χ0n) is 20.3. The number of nitrogens with one attached hydrogen (secondary N) is 3. The van der Waals surface area contributed by atoms with Gasteiger partial charge in [-0.15, -0.1) is 0 Å². The van der Waals surface area contributed by atoms with Crippen LogP contribution in [0.2, 0.25) is 0 Å². The second kappa shape index (κ2) is 13.4. The maximum atomic E-state index is 12.7. The molecule has 1 aliphatic rings. The van der Waals surface area contributed by atoms with Gasteiger partial charge in [-0.3, -0.25) is 14.9 Å². The Morgan fingerprint density at radius 1 is 0.865 bits per heavy atom. The molecule has 1 atom stereocenters. The zero-order valence-corrected chi connectivity index (χ0v) is 21.1. The summed E-state index contributed by atoms with van der Waals surface area (Å²) in [7, 11) is 0. The van der Waals surface area contributed by atoms with Gasteiger partial charge in [-0.05, 0) is 73.6 Å². The average molecular weight is 520 g/mol. The van der Waals surface area contributed by atoms with Gasteiger partial charge in [-0.1, -0.05) is 30.3 Å². The monoisotopic (exact) mass is 519 g/mol. The van der Waals surface area contributed by atoms with Crippen LogP contribution in [0.4, 0.5) is 5.69 Å². The molecule has 0 saturated carbocycles. The van der Waals surface area contributed by atoms with E-state index < -0.39 is 0 Å². The molecule has 3 aromatic rings. The van der Waals surface area contributed by atoms with Crippen LogP contribution < -0.4 is 25.4 Å². The van der Waals surface area contributed by atoms with Crippen LogP contribution in [-0.2, 0) is 4.74 Å². The van der Waals surface area contributed by atoms with Crippen molar-refractivity contribution in [2.45, 2.75) is 18.9 Å². The summed E-state index contributed by atoms with van der Waals surface area (Å²) in [5.74, 6) is 0.788. The molecule has 0 unspecified atom stereocenters. The van der Waals surface area contributed by atoms with Gasteiger partial charge in [0.25, 0.3) is 11.8 Å². The highest BCUT2D eigenvalue weighted by molar-refractivity contribution is 7.80. The van der Waals surface area contributed by atoms with Gasteiger partial charge in [0, 0.05) is 18.7 Å². The Balaban J connectivity index is 1.24. The van der Waals surface area contributed by atoms with E-state index in [1.54, 1.807) is 48.5 Å². The number of amides is 2. The molecule has 0 bridgehead atoms. The number of carbonyl (C=O) groups is 2. The quantitative estimate of drug-likeness (QED) is 0.273. The maximum absolute atomic E-state index is 12.7. The first-order valence-electron chi connectivity index (χ1n) is 12.1. The molecule has 9 heteroatoms. The number of rotatable bonds is 10. The van der Waals surface area contributed by atoms with Crippen LogP contribution in [-0.4, -0.2) is 49.4 Å². The number of ether oxygens (including phenoxy) is 3. The van der Waals surface area contributed by atoms with E-state index in [9.17, 15) is 9.59 Å². The lowest BCUT2D eigenvalue weighted by molar-refractivity contribution is 0.0858. The fourth-order valence-corrected chi connectivity index (χ4v) is 3.97. The minimum atomic E-state index is -0.378. The van der Waals surface area contributed by atoms with Crippen molar-refractivity contribution < 1.29 is 23.8 Å². The lowest BCUT2D eigenvalue weighted by Gasteiger charge is -2.15. The SMILES string of the molecule is O=C(NC(=S)Nc1ccccc1C(=O)NC[C@H]1CCCO1)c1ccc(OCCOc2ccccc2)cc1. The van der Waals surface area contributed by atoms with Crippen molar-refractivity contribution in [1.82, 2.24) is 10.6 Å². The number of para-hydroxylation sites is 2. The first-order chi connectivity index (χ1) is 18.1. The Kier molecular flexibility index (Phi) is 9.45. The molecule has 192 valence electrons. The summed E-state index contributed by atoms with van der Waals surface area (Å²) in [5, 5.41) is 8.58. The van der Waals surface area contributed by atoms with Crippen LogP contribution in [0.5, 0.6) is 11.5 Å². The van der Waals surface area contributed by atoms with Crippen molar-refractivity contribution in [2.24, 2.45) is 0 Å². The Morgan fingerprint density at radius 2 is 1.54 bits per heavy atom. The number of benzene rings is 3. The van der Waals surface area contributed by atoms with E-state index in [0.717, 1.165) is 25.2 Å². The van der Waals surface area contributed by atoms with Gasteiger partial charge in [0.2, 0.25) is 0 Å². The van der Waals surface area contributed by atoms with E-state index in [1.165, 1.54) is 0 Å². The summed E-state index contributed by atoms with van der Waals surface area (Å²) in [6.45, 7) is 1.95. The summed E-state index contributed by atoms with van der Waals surface area (Å²) >= 11 is 5.31. The Labute approximate surface area is 221 Å². The molecule has 2 amide bonds. The van der Waals surface area contributed by atoms with Gasteiger partial charge in [0.15, 0.2) is 5.11 Å². The summed E-state index contributed by atoms with van der Waals surface area (Å²) in [5.41, 5.74) is 1.34. The molecule has 8 nitrogen and oxygen atoms in total.